The van der Waals surface area contributed by atoms with E-state index in [1.165, 1.54) is 25.4 Å². The Morgan fingerprint density at radius 2 is 2.03 bits per heavy atom. The first-order valence-corrected chi connectivity index (χ1v) is 9.22. The molecule has 9 heteroatoms. The zero-order valence-corrected chi connectivity index (χ0v) is 16.5. The van der Waals surface area contributed by atoms with E-state index in [-0.39, 0.29) is 34.5 Å². The predicted octanol–water partition coefficient (Wildman–Crippen LogP) is 3.10. The van der Waals surface area contributed by atoms with Gasteiger partial charge in [0.15, 0.2) is 0 Å². The van der Waals surface area contributed by atoms with Gasteiger partial charge in [-0.1, -0.05) is 12.1 Å². The van der Waals surface area contributed by atoms with Gasteiger partial charge in [-0.15, -0.1) is 0 Å². The molecule has 0 bridgehead atoms. The van der Waals surface area contributed by atoms with Gasteiger partial charge in [0.25, 0.3) is 5.69 Å². The monoisotopic (exact) mass is 411 g/mol. The molecule has 2 N–H and O–H groups in total. The van der Waals surface area contributed by atoms with Gasteiger partial charge in [-0.25, -0.2) is 0 Å². The van der Waals surface area contributed by atoms with Crippen molar-refractivity contribution in [3.05, 3.63) is 69.9 Å². The Morgan fingerprint density at radius 1 is 1.30 bits per heavy atom. The number of amides is 1. The Bertz CT molecular complexity index is 1070. The zero-order chi connectivity index (χ0) is 21.7. The molecule has 156 valence electrons. The predicted molar refractivity (Wildman–Crippen MR) is 110 cm³/mol. The number of ether oxygens (including phenoxy) is 2. The molecule has 3 rings (SSSR count). The minimum Gasteiger partial charge on any atom is -0.505 e. The lowest BCUT2D eigenvalue weighted by atomic mass is 9.95. The van der Waals surface area contributed by atoms with E-state index >= 15 is 0 Å². The molecule has 1 atom stereocenters. The fourth-order valence-electron chi connectivity index (χ4n) is 3.14. The van der Waals surface area contributed by atoms with Crippen molar-refractivity contribution in [2.75, 3.05) is 20.3 Å². The molecule has 1 amide bonds. The SMILES string of the molecule is CCOCC(=O)NC(c1ccc(OC)cc1)c1cc([N+](=O)[O-])c2cccnc2c1O. The van der Waals surface area contributed by atoms with Crippen LogP contribution in [0.1, 0.15) is 24.1 Å². The number of carbonyl (C=O) groups is 1. The summed E-state index contributed by atoms with van der Waals surface area (Å²) in [4.78, 5) is 27.6. The maximum Gasteiger partial charge on any atom is 0.279 e. The topological polar surface area (TPSA) is 124 Å². The number of aromatic hydroxyl groups is 1. The Balaban J connectivity index is 2.16. The second-order valence-corrected chi connectivity index (χ2v) is 6.40. The first-order valence-electron chi connectivity index (χ1n) is 9.22. The highest BCUT2D eigenvalue weighted by molar-refractivity contribution is 5.94. The minimum atomic E-state index is -0.867. The number of pyridine rings is 1. The molecule has 9 nitrogen and oxygen atoms in total. The van der Waals surface area contributed by atoms with Crippen LogP contribution in [0.15, 0.2) is 48.7 Å². The summed E-state index contributed by atoms with van der Waals surface area (Å²) in [5.74, 6) is -0.0666. The molecule has 0 aliphatic heterocycles. The lowest BCUT2D eigenvalue weighted by Gasteiger charge is -2.21. The Kier molecular flexibility index (Phi) is 6.43. The molecular formula is C21H21N3O6. The fraction of sp³-hybridized carbons (Fsp3) is 0.238. The lowest BCUT2D eigenvalue weighted by Crippen LogP contribution is -2.32. The molecule has 1 aromatic heterocycles. The number of nitrogens with zero attached hydrogens (tertiary/aromatic N) is 2. The second-order valence-electron chi connectivity index (χ2n) is 6.40. The number of non-ortho nitro benzene ring substituents is 1. The largest absolute Gasteiger partial charge is 0.505 e. The summed E-state index contributed by atoms with van der Waals surface area (Å²) in [5.41, 5.74) is 0.617. The highest BCUT2D eigenvalue weighted by Crippen LogP contribution is 2.39. The summed E-state index contributed by atoms with van der Waals surface area (Å²) in [7, 11) is 1.53. The van der Waals surface area contributed by atoms with Crippen LogP contribution in [0.5, 0.6) is 11.5 Å². The first kappa shape index (κ1) is 21.0. The van der Waals surface area contributed by atoms with E-state index in [0.717, 1.165) is 0 Å². The number of rotatable bonds is 8. The van der Waals surface area contributed by atoms with Gasteiger partial charge in [0.2, 0.25) is 5.91 Å². The number of aromatic nitrogens is 1. The quantitative estimate of drug-likeness (QED) is 0.431. The van der Waals surface area contributed by atoms with E-state index in [1.54, 1.807) is 37.3 Å². The average Bonchev–Trinajstić information content (AvgIpc) is 2.76. The van der Waals surface area contributed by atoms with Crippen molar-refractivity contribution in [3.63, 3.8) is 0 Å². The van der Waals surface area contributed by atoms with Crippen LogP contribution in [-0.4, -0.2) is 41.2 Å². The average molecular weight is 411 g/mol. The van der Waals surface area contributed by atoms with Gasteiger partial charge >= 0.3 is 0 Å². The highest BCUT2D eigenvalue weighted by atomic mass is 16.6. The summed E-state index contributed by atoms with van der Waals surface area (Å²) in [5, 5.41) is 25.5. The molecule has 0 radical (unpaired) electrons. The van der Waals surface area contributed by atoms with E-state index in [1.807, 2.05) is 0 Å². The van der Waals surface area contributed by atoms with Crippen LogP contribution in [0.2, 0.25) is 0 Å². The van der Waals surface area contributed by atoms with Gasteiger partial charge in [0, 0.05) is 24.4 Å². The van der Waals surface area contributed by atoms with Crippen molar-refractivity contribution < 1.29 is 24.3 Å². The molecule has 0 saturated heterocycles. The molecule has 0 aliphatic rings. The van der Waals surface area contributed by atoms with Crippen LogP contribution in [0, 0.1) is 10.1 Å². The molecular weight excluding hydrogens is 390 g/mol. The molecule has 30 heavy (non-hydrogen) atoms. The number of carbonyl (C=O) groups excluding carboxylic acids is 1. The third-order valence-corrected chi connectivity index (χ3v) is 4.57. The maximum absolute atomic E-state index is 12.4. The van der Waals surface area contributed by atoms with Gasteiger partial charge < -0.3 is 19.9 Å². The number of nitro benzene ring substituents is 1. The van der Waals surface area contributed by atoms with Crippen molar-refractivity contribution in [1.82, 2.24) is 10.3 Å². The molecule has 0 saturated carbocycles. The number of fused-ring (bicyclic) bond motifs is 1. The minimum absolute atomic E-state index is 0.0827. The number of methoxy groups -OCH3 is 1. The van der Waals surface area contributed by atoms with Crippen LogP contribution >= 0.6 is 0 Å². The molecule has 1 unspecified atom stereocenters. The van der Waals surface area contributed by atoms with Crippen molar-refractivity contribution in [2.45, 2.75) is 13.0 Å². The summed E-state index contributed by atoms with van der Waals surface area (Å²) in [6.07, 6.45) is 1.44. The number of hydrogen-bond donors (Lipinski definition) is 2. The van der Waals surface area contributed by atoms with Crippen LogP contribution < -0.4 is 10.1 Å². The van der Waals surface area contributed by atoms with Gasteiger partial charge in [0.05, 0.1) is 23.5 Å². The van der Waals surface area contributed by atoms with Crippen LogP contribution in [0.3, 0.4) is 0 Å². The summed E-state index contributed by atoms with van der Waals surface area (Å²) >= 11 is 0. The van der Waals surface area contributed by atoms with E-state index < -0.39 is 16.9 Å². The fourth-order valence-corrected chi connectivity index (χ4v) is 3.14. The Labute approximate surface area is 172 Å². The third kappa shape index (κ3) is 4.31. The normalized spacial score (nSPS) is 11.8. The molecule has 2 aromatic carbocycles. The van der Waals surface area contributed by atoms with Gasteiger partial charge in [-0.2, -0.15) is 0 Å². The summed E-state index contributed by atoms with van der Waals surface area (Å²) in [6.45, 7) is 1.94. The third-order valence-electron chi connectivity index (χ3n) is 4.57. The Hall–Kier alpha value is -3.72. The van der Waals surface area contributed by atoms with E-state index in [0.29, 0.717) is 17.9 Å². The molecule has 0 spiro atoms. The smallest absolute Gasteiger partial charge is 0.279 e. The summed E-state index contributed by atoms with van der Waals surface area (Å²) in [6, 6.07) is 10.3. The molecule has 1 heterocycles. The van der Waals surface area contributed by atoms with Crippen LogP contribution in [-0.2, 0) is 9.53 Å². The second kappa shape index (κ2) is 9.19. The standard InChI is InChI=1S/C21H21N3O6/c1-3-30-12-18(25)23-19(13-6-8-14(29-2)9-7-13)16-11-17(24(27)28)15-5-4-10-22-20(15)21(16)26/h4-11,19,26H,3,12H2,1-2H3,(H,23,25). The highest BCUT2D eigenvalue weighted by Gasteiger charge is 2.27. The van der Waals surface area contributed by atoms with Crippen molar-refractivity contribution in [2.24, 2.45) is 0 Å². The maximum atomic E-state index is 12.4. The summed E-state index contributed by atoms with van der Waals surface area (Å²) < 4.78 is 10.3. The number of phenolic OH excluding ortho intramolecular Hbond substituents is 1. The van der Waals surface area contributed by atoms with Crippen molar-refractivity contribution in [1.29, 1.82) is 0 Å². The number of nitro groups is 1. The van der Waals surface area contributed by atoms with E-state index in [2.05, 4.69) is 10.3 Å². The molecule has 0 fully saturated rings. The van der Waals surface area contributed by atoms with Gasteiger partial charge in [-0.05, 0) is 36.8 Å². The number of nitrogens with one attached hydrogen (secondary N) is 1. The first-order chi connectivity index (χ1) is 14.5. The number of hydrogen-bond acceptors (Lipinski definition) is 7. The number of benzene rings is 2. The van der Waals surface area contributed by atoms with Gasteiger partial charge in [0.1, 0.15) is 23.6 Å². The molecule has 3 aromatic rings. The molecule has 0 aliphatic carbocycles. The van der Waals surface area contributed by atoms with Crippen LogP contribution in [0.25, 0.3) is 10.9 Å². The van der Waals surface area contributed by atoms with Crippen LogP contribution in [0.4, 0.5) is 5.69 Å². The number of phenols is 1. The van der Waals surface area contributed by atoms with E-state index in [9.17, 15) is 20.0 Å². The van der Waals surface area contributed by atoms with Crippen molar-refractivity contribution >= 4 is 22.5 Å². The zero-order valence-electron chi connectivity index (χ0n) is 16.5. The lowest BCUT2D eigenvalue weighted by molar-refractivity contribution is -0.383. The van der Waals surface area contributed by atoms with Crippen molar-refractivity contribution in [3.8, 4) is 11.5 Å². The van der Waals surface area contributed by atoms with E-state index in [4.69, 9.17) is 9.47 Å². The Morgan fingerprint density at radius 3 is 2.67 bits per heavy atom. The van der Waals surface area contributed by atoms with Gasteiger partial charge in [-0.3, -0.25) is 19.9 Å².